The minimum atomic E-state index is -0.252. The maximum atomic E-state index is 13.0. The van der Waals surface area contributed by atoms with Crippen LogP contribution in [0.1, 0.15) is 15.9 Å². The van der Waals surface area contributed by atoms with Crippen LogP contribution in [0, 0.1) is 5.82 Å². The molecule has 0 heterocycles. The van der Waals surface area contributed by atoms with Crippen LogP contribution in [0.2, 0.25) is 0 Å². The average Bonchev–Trinajstić information content (AvgIpc) is 2.61. The van der Waals surface area contributed by atoms with Crippen LogP contribution < -0.4 is 0 Å². The van der Waals surface area contributed by atoms with Crippen molar-refractivity contribution in [2.75, 3.05) is 0 Å². The number of carbonyl (C=O) groups is 1. The third kappa shape index (κ3) is 3.80. The Morgan fingerprint density at radius 3 is 2.26 bits per heavy atom. The van der Waals surface area contributed by atoms with E-state index < -0.39 is 0 Å². The Labute approximate surface area is 134 Å². The molecule has 112 valence electrons. The van der Waals surface area contributed by atoms with E-state index in [4.69, 9.17) is 0 Å². The second kappa shape index (κ2) is 6.84. The summed E-state index contributed by atoms with van der Waals surface area (Å²) in [6.07, 6.45) is 3.36. The van der Waals surface area contributed by atoms with Crippen molar-refractivity contribution in [2.45, 2.75) is 0 Å². The molecule has 0 aliphatic heterocycles. The summed E-state index contributed by atoms with van der Waals surface area (Å²) >= 11 is 0. The smallest absolute Gasteiger partial charge is 0.185 e. The SMILES string of the molecule is O=C(/C=C/c1cccc(-c2ccc(F)cc2)c1)c1ccccc1. The molecule has 0 radical (unpaired) electrons. The average molecular weight is 302 g/mol. The van der Waals surface area contributed by atoms with E-state index >= 15 is 0 Å². The predicted octanol–water partition coefficient (Wildman–Crippen LogP) is 5.39. The molecule has 0 atom stereocenters. The second-order valence-electron chi connectivity index (χ2n) is 5.20. The van der Waals surface area contributed by atoms with E-state index in [0.29, 0.717) is 5.56 Å². The van der Waals surface area contributed by atoms with Crippen molar-refractivity contribution in [3.63, 3.8) is 0 Å². The van der Waals surface area contributed by atoms with Crippen molar-refractivity contribution < 1.29 is 9.18 Å². The number of hydrogen-bond acceptors (Lipinski definition) is 1. The summed E-state index contributed by atoms with van der Waals surface area (Å²) in [5.41, 5.74) is 3.52. The molecule has 0 aliphatic rings. The van der Waals surface area contributed by atoms with Crippen molar-refractivity contribution >= 4 is 11.9 Å². The van der Waals surface area contributed by atoms with Crippen LogP contribution in [0.4, 0.5) is 4.39 Å². The van der Waals surface area contributed by atoms with Gasteiger partial charge < -0.3 is 0 Å². The Bertz CT molecular complexity index is 833. The zero-order chi connectivity index (χ0) is 16.1. The molecule has 3 aromatic carbocycles. The van der Waals surface area contributed by atoms with Gasteiger partial charge in [0.05, 0.1) is 0 Å². The highest BCUT2D eigenvalue weighted by molar-refractivity contribution is 6.06. The number of ketones is 1. The molecular weight excluding hydrogens is 287 g/mol. The molecule has 0 aromatic heterocycles. The number of benzene rings is 3. The molecule has 0 saturated heterocycles. The van der Waals surface area contributed by atoms with Crippen molar-refractivity contribution in [3.05, 3.63) is 102 Å². The molecule has 23 heavy (non-hydrogen) atoms. The van der Waals surface area contributed by atoms with Crippen LogP contribution in [0.5, 0.6) is 0 Å². The standard InChI is InChI=1S/C21H15FO/c22-20-12-10-17(11-13-20)19-8-4-5-16(15-19)9-14-21(23)18-6-2-1-3-7-18/h1-15H/b14-9+. The van der Waals surface area contributed by atoms with Crippen LogP contribution in [0.3, 0.4) is 0 Å². The molecule has 0 spiro atoms. The van der Waals surface area contributed by atoms with Gasteiger partial charge in [-0.2, -0.15) is 0 Å². The zero-order valence-corrected chi connectivity index (χ0v) is 12.4. The number of carbonyl (C=O) groups excluding carboxylic acids is 1. The van der Waals surface area contributed by atoms with Crippen LogP contribution in [0.25, 0.3) is 17.2 Å². The number of halogens is 1. The summed E-state index contributed by atoms with van der Waals surface area (Å²) in [6, 6.07) is 23.3. The largest absolute Gasteiger partial charge is 0.289 e. The Morgan fingerprint density at radius 1 is 0.783 bits per heavy atom. The van der Waals surface area contributed by atoms with Crippen LogP contribution >= 0.6 is 0 Å². The van der Waals surface area contributed by atoms with Gasteiger partial charge in [0.1, 0.15) is 5.82 Å². The maximum absolute atomic E-state index is 13.0. The molecule has 0 saturated carbocycles. The third-order valence-corrected chi connectivity index (χ3v) is 3.55. The molecule has 0 N–H and O–H groups in total. The van der Waals surface area contributed by atoms with E-state index in [9.17, 15) is 9.18 Å². The fraction of sp³-hybridized carbons (Fsp3) is 0. The summed E-state index contributed by atoms with van der Waals surface area (Å²) in [6.45, 7) is 0. The van der Waals surface area contributed by atoms with Gasteiger partial charge in [-0.25, -0.2) is 4.39 Å². The van der Waals surface area contributed by atoms with Crippen molar-refractivity contribution in [2.24, 2.45) is 0 Å². The number of hydrogen-bond donors (Lipinski definition) is 0. The van der Waals surface area contributed by atoms with Gasteiger partial charge in [-0.3, -0.25) is 4.79 Å². The third-order valence-electron chi connectivity index (χ3n) is 3.55. The lowest BCUT2D eigenvalue weighted by Gasteiger charge is -2.03. The van der Waals surface area contributed by atoms with Gasteiger partial charge in [-0.1, -0.05) is 66.7 Å². The van der Waals surface area contributed by atoms with Gasteiger partial charge in [-0.15, -0.1) is 0 Å². The highest BCUT2D eigenvalue weighted by atomic mass is 19.1. The number of allylic oxidation sites excluding steroid dienone is 1. The predicted molar refractivity (Wildman–Crippen MR) is 91.6 cm³/mol. The van der Waals surface area contributed by atoms with Crippen molar-refractivity contribution in [1.82, 2.24) is 0 Å². The Morgan fingerprint density at radius 2 is 1.52 bits per heavy atom. The first-order valence-corrected chi connectivity index (χ1v) is 7.36. The molecular formula is C21H15FO. The first-order valence-electron chi connectivity index (χ1n) is 7.36. The lowest BCUT2D eigenvalue weighted by atomic mass is 10.0. The van der Waals surface area contributed by atoms with E-state index in [1.54, 1.807) is 36.4 Å². The minimum absolute atomic E-state index is 0.0298. The lowest BCUT2D eigenvalue weighted by Crippen LogP contribution is -1.92. The van der Waals surface area contributed by atoms with Crippen molar-refractivity contribution in [3.8, 4) is 11.1 Å². The first-order chi connectivity index (χ1) is 11.2. The molecule has 3 rings (SSSR count). The number of rotatable bonds is 4. The first kappa shape index (κ1) is 14.9. The fourth-order valence-electron chi connectivity index (χ4n) is 2.33. The normalized spacial score (nSPS) is 10.8. The van der Waals surface area contributed by atoms with Crippen LogP contribution in [-0.2, 0) is 0 Å². The fourth-order valence-corrected chi connectivity index (χ4v) is 2.33. The van der Waals surface area contributed by atoms with Gasteiger partial charge in [-0.05, 0) is 41.0 Å². The highest BCUT2D eigenvalue weighted by Crippen LogP contribution is 2.21. The molecule has 0 aliphatic carbocycles. The van der Waals surface area contributed by atoms with E-state index in [1.165, 1.54) is 12.1 Å². The molecule has 0 amide bonds. The Balaban J connectivity index is 1.81. The van der Waals surface area contributed by atoms with E-state index in [-0.39, 0.29) is 11.6 Å². The quantitative estimate of drug-likeness (QED) is 0.466. The Hall–Kier alpha value is -3.00. The minimum Gasteiger partial charge on any atom is -0.289 e. The van der Waals surface area contributed by atoms with Gasteiger partial charge in [0.25, 0.3) is 0 Å². The van der Waals surface area contributed by atoms with Gasteiger partial charge in [0.15, 0.2) is 5.78 Å². The molecule has 0 bridgehead atoms. The van der Waals surface area contributed by atoms with Gasteiger partial charge >= 0.3 is 0 Å². The Kier molecular flexibility index (Phi) is 4.44. The highest BCUT2D eigenvalue weighted by Gasteiger charge is 2.01. The summed E-state index contributed by atoms with van der Waals surface area (Å²) in [7, 11) is 0. The van der Waals surface area contributed by atoms with E-state index in [0.717, 1.165) is 16.7 Å². The van der Waals surface area contributed by atoms with Crippen molar-refractivity contribution in [1.29, 1.82) is 0 Å². The monoisotopic (exact) mass is 302 g/mol. The molecule has 3 aromatic rings. The zero-order valence-electron chi connectivity index (χ0n) is 12.4. The summed E-state index contributed by atoms with van der Waals surface area (Å²) < 4.78 is 13.0. The van der Waals surface area contributed by atoms with Gasteiger partial charge in [0, 0.05) is 5.56 Å². The van der Waals surface area contributed by atoms with Crippen LogP contribution in [-0.4, -0.2) is 5.78 Å². The molecule has 0 fully saturated rings. The second-order valence-corrected chi connectivity index (χ2v) is 5.20. The molecule has 0 unspecified atom stereocenters. The van der Waals surface area contributed by atoms with E-state index in [1.807, 2.05) is 42.5 Å². The lowest BCUT2D eigenvalue weighted by molar-refractivity contribution is 0.104. The maximum Gasteiger partial charge on any atom is 0.185 e. The summed E-state index contributed by atoms with van der Waals surface area (Å²) in [5.74, 6) is -0.281. The topological polar surface area (TPSA) is 17.1 Å². The van der Waals surface area contributed by atoms with Gasteiger partial charge in [0.2, 0.25) is 0 Å². The molecule has 1 nitrogen and oxygen atoms in total. The van der Waals surface area contributed by atoms with E-state index in [2.05, 4.69) is 0 Å². The summed E-state index contributed by atoms with van der Waals surface area (Å²) in [4.78, 5) is 12.1. The summed E-state index contributed by atoms with van der Waals surface area (Å²) in [5, 5.41) is 0. The van der Waals surface area contributed by atoms with Crippen LogP contribution in [0.15, 0.2) is 84.9 Å². The molecule has 2 heteroatoms.